The molecular formula is C37H44Cl2N4O6. The number of anilines is 1. The van der Waals surface area contributed by atoms with Crippen LogP contribution in [0.4, 0.5) is 5.69 Å². The van der Waals surface area contributed by atoms with Crippen molar-refractivity contribution in [2.24, 2.45) is 13.0 Å². The highest BCUT2D eigenvalue weighted by Crippen LogP contribution is 2.42. The van der Waals surface area contributed by atoms with Gasteiger partial charge in [-0.15, -0.1) is 0 Å². The molecule has 7 rings (SSSR count). The van der Waals surface area contributed by atoms with Gasteiger partial charge in [-0.05, 0) is 75.6 Å². The number of fused-ring (bicyclic) bond motifs is 3. The van der Waals surface area contributed by atoms with Gasteiger partial charge in [-0.3, -0.25) is 19.3 Å². The highest BCUT2D eigenvalue weighted by Gasteiger charge is 2.58. The summed E-state index contributed by atoms with van der Waals surface area (Å²) in [5, 5.41) is 4.38. The van der Waals surface area contributed by atoms with E-state index in [9.17, 15) is 14.4 Å². The van der Waals surface area contributed by atoms with Crippen molar-refractivity contribution in [2.75, 3.05) is 38.2 Å². The van der Waals surface area contributed by atoms with Gasteiger partial charge in [0.25, 0.3) is 5.91 Å². The summed E-state index contributed by atoms with van der Waals surface area (Å²) in [6.07, 6.45) is 7.14. The summed E-state index contributed by atoms with van der Waals surface area (Å²) in [6.45, 7) is 4.85. The SMILES string of the molecule is CCOC(=O)C1CCC(OC(C(=O)Cc2cc(Cl)c(NC(=O)c3cn(C)c4ccccc34)cc2Cl)(N2CCCC2)N2C[C@@H]3C[C@H]2CO3)CC1. The minimum absolute atomic E-state index is 0.000479. The topological polar surface area (TPSA) is 102 Å². The summed E-state index contributed by atoms with van der Waals surface area (Å²) in [5.41, 5.74) is 2.41. The summed E-state index contributed by atoms with van der Waals surface area (Å²) in [6, 6.07) is 11.1. The number of hydrogen-bond acceptors (Lipinski definition) is 8. The lowest BCUT2D eigenvalue weighted by Crippen LogP contribution is -2.70. The molecule has 0 radical (unpaired) electrons. The summed E-state index contributed by atoms with van der Waals surface area (Å²) in [4.78, 5) is 45.3. The molecule has 262 valence electrons. The van der Waals surface area contributed by atoms with Gasteiger partial charge in [0.1, 0.15) is 0 Å². The van der Waals surface area contributed by atoms with E-state index in [0.29, 0.717) is 72.3 Å². The molecule has 49 heavy (non-hydrogen) atoms. The van der Waals surface area contributed by atoms with Crippen molar-refractivity contribution in [2.45, 2.75) is 82.4 Å². The number of para-hydroxylation sites is 1. The fraction of sp³-hybridized carbons (Fsp3) is 0.541. The maximum absolute atomic E-state index is 15.0. The molecule has 3 aliphatic heterocycles. The zero-order chi connectivity index (χ0) is 34.3. The number of rotatable bonds is 11. The first-order chi connectivity index (χ1) is 23.7. The Kier molecular flexibility index (Phi) is 10.1. The third-order valence-corrected chi connectivity index (χ3v) is 11.4. The lowest BCUT2D eigenvalue weighted by atomic mass is 9.87. The molecule has 2 bridgehead atoms. The number of hydrogen-bond donors (Lipinski definition) is 1. The van der Waals surface area contributed by atoms with E-state index >= 15 is 0 Å². The van der Waals surface area contributed by atoms with Gasteiger partial charge in [0.2, 0.25) is 5.85 Å². The van der Waals surface area contributed by atoms with Gasteiger partial charge < -0.3 is 24.1 Å². The Bertz CT molecular complexity index is 1730. The number of carbonyl (C=O) groups is 3. The Hall–Kier alpha value is -2.99. The average molecular weight is 712 g/mol. The van der Waals surface area contributed by atoms with Crippen LogP contribution in [0.5, 0.6) is 0 Å². The molecule has 4 fully saturated rings. The minimum atomic E-state index is -1.29. The second-order valence-corrected chi connectivity index (χ2v) is 14.6. The fourth-order valence-corrected chi connectivity index (χ4v) is 8.71. The maximum atomic E-state index is 15.0. The van der Waals surface area contributed by atoms with Crippen LogP contribution in [0.15, 0.2) is 42.6 Å². The number of halogens is 2. The molecule has 3 aromatic rings. The second-order valence-electron chi connectivity index (χ2n) is 13.8. The molecule has 3 saturated heterocycles. The molecule has 1 aliphatic carbocycles. The highest BCUT2D eigenvalue weighted by molar-refractivity contribution is 6.36. The van der Waals surface area contributed by atoms with Gasteiger partial charge in [0.15, 0.2) is 5.78 Å². The van der Waals surface area contributed by atoms with Gasteiger partial charge in [0, 0.05) is 61.3 Å². The maximum Gasteiger partial charge on any atom is 0.308 e. The zero-order valence-electron chi connectivity index (χ0n) is 28.1. The summed E-state index contributed by atoms with van der Waals surface area (Å²) < 4.78 is 20.3. The number of nitrogens with one attached hydrogen (secondary N) is 1. The van der Waals surface area contributed by atoms with E-state index in [1.54, 1.807) is 18.3 Å². The van der Waals surface area contributed by atoms with Crippen LogP contribution in [-0.2, 0) is 37.3 Å². The number of Topliss-reactive ketones (excluding diaryl/α,β-unsaturated/α-hetero) is 1. The third-order valence-electron chi connectivity index (χ3n) is 10.7. The van der Waals surface area contributed by atoms with Gasteiger partial charge >= 0.3 is 5.97 Å². The molecule has 2 aromatic carbocycles. The number of benzene rings is 2. The summed E-state index contributed by atoms with van der Waals surface area (Å²) in [5.74, 6) is -1.99. The number of aromatic nitrogens is 1. The fourth-order valence-electron chi connectivity index (χ4n) is 8.25. The van der Waals surface area contributed by atoms with E-state index in [4.69, 9.17) is 37.4 Å². The van der Waals surface area contributed by atoms with Crippen molar-refractivity contribution in [3.8, 4) is 0 Å². The number of ether oxygens (including phenoxy) is 3. The van der Waals surface area contributed by atoms with Crippen LogP contribution < -0.4 is 5.32 Å². The predicted octanol–water partition coefficient (Wildman–Crippen LogP) is 6.21. The summed E-state index contributed by atoms with van der Waals surface area (Å²) in [7, 11) is 1.90. The van der Waals surface area contributed by atoms with E-state index < -0.39 is 5.85 Å². The van der Waals surface area contributed by atoms with E-state index in [1.165, 1.54) is 0 Å². The van der Waals surface area contributed by atoms with Crippen LogP contribution in [-0.4, -0.2) is 89.0 Å². The van der Waals surface area contributed by atoms with Crippen LogP contribution in [0.3, 0.4) is 0 Å². The molecule has 10 nitrogen and oxygen atoms in total. The molecule has 4 heterocycles. The molecule has 1 amide bonds. The Morgan fingerprint density at radius 2 is 1.80 bits per heavy atom. The molecule has 0 spiro atoms. The number of morpholine rings is 1. The number of likely N-dealkylation sites (tertiary alicyclic amines) is 2. The first-order valence-corrected chi connectivity index (χ1v) is 18.3. The zero-order valence-corrected chi connectivity index (χ0v) is 29.6. The normalized spacial score (nSPS) is 25.5. The molecular weight excluding hydrogens is 667 g/mol. The number of aryl methyl sites for hydroxylation is 1. The van der Waals surface area contributed by atoms with Crippen molar-refractivity contribution < 1.29 is 28.6 Å². The van der Waals surface area contributed by atoms with E-state index in [-0.39, 0.29) is 48.2 Å². The van der Waals surface area contributed by atoms with E-state index in [0.717, 1.165) is 43.3 Å². The highest BCUT2D eigenvalue weighted by atomic mass is 35.5. The van der Waals surface area contributed by atoms with Crippen molar-refractivity contribution in [1.29, 1.82) is 0 Å². The number of nitrogens with zero attached hydrogens (tertiary/aromatic N) is 3. The standard InChI is InChI=1S/C37H44Cl2N4O6/c1-3-47-36(46)23-10-12-26(13-11-23)49-37(42-14-6-7-15-42,43-20-27-18-25(43)22-48-27)34(44)17-24-16-31(39)32(19-30(24)38)40-35(45)29-21-41(2)33-9-5-4-8-28(29)33/h4-5,8-9,16,19,21,23,25-27H,3,6-7,10-15,17-18,20,22H2,1-2H3,(H,40,45)/t23?,25-,26?,27-,37?/m0/s1. The van der Waals surface area contributed by atoms with Crippen LogP contribution in [0, 0.1) is 5.92 Å². The smallest absolute Gasteiger partial charge is 0.308 e. The molecule has 12 heteroatoms. The van der Waals surface area contributed by atoms with Crippen molar-refractivity contribution >= 4 is 57.5 Å². The quantitative estimate of drug-likeness (QED) is 0.235. The molecule has 4 aliphatic rings. The average Bonchev–Trinajstić information content (AvgIpc) is 3.93. The van der Waals surface area contributed by atoms with Crippen LogP contribution in [0.2, 0.25) is 10.0 Å². The van der Waals surface area contributed by atoms with Gasteiger partial charge in [-0.1, -0.05) is 41.4 Å². The molecule has 1 unspecified atom stereocenters. The molecule has 1 N–H and O–H groups in total. The predicted molar refractivity (Wildman–Crippen MR) is 188 cm³/mol. The van der Waals surface area contributed by atoms with Gasteiger partial charge in [0.05, 0.1) is 47.6 Å². The molecule has 3 atom stereocenters. The van der Waals surface area contributed by atoms with E-state index in [1.807, 2.05) is 42.8 Å². The Balaban J connectivity index is 1.15. The van der Waals surface area contributed by atoms with Crippen molar-refractivity contribution in [3.05, 3.63) is 63.8 Å². The number of amides is 1. The Labute approximate surface area is 296 Å². The lowest BCUT2D eigenvalue weighted by molar-refractivity contribution is -0.267. The van der Waals surface area contributed by atoms with Gasteiger partial charge in [-0.2, -0.15) is 0 Å². The lowest BCUT2D eigenvalue weighted by Gasteiger charge is -2.51. The van der Waals surface area contributed by atoms with Gasteiger partial charge in [-0.25, -0.2) is 4.90 Å². The number of ketones is 1. The van der Waals surface area contributed by atoms with Crippen molar-refractivity contribution in [3.63, 3.8) is 0 Å². The molecule has 1 saturated carbocycles. The first-order valence-electron chi connectivity index (χ1n) is 17.5. The van der Waals surface area contributed by atoms with Crippen molar-refractivity contribution in [1.82, 2.24) is 14.4 Å². The largest absolute Gasteiger partial charge is 0.466 e. The monoisotopic (exact) mass is 710 g/mol. The second kappa shape index (κ2) is 14.3. The van der Waals surface area contributed by atoms with Crippen LogP contribution >= 0.6 is 23.2 Å². The molecule has 1 aromatic heterocycles. The summed E-state index contributed by atoms with van der Waals surface area (Å²) >= 11 is 13.7. The third kappa shape index (κ3) is 6.64. The minimum Gasteiger partial charge on any atom is -0.466 e. The Morgan fingerprint density at radius 1 is 1.04 bits per heavy atom. The van der Waals surface area contributed by atoms with Crippen LogP contribution in [0.25, 0.3) is 10.9 Å². The number of carbonyl (C=O) groups excluding carboxylic acids is 3. The number of esters is 1. The Morgan fingerprint density at radius 3 is 2.49 bits per heavy atom. The van der Waals surface area contributed by atoms with E-state index in [2.05, 4.69) is 15.1 Å². The van der Waals surface area contributed by atoms with Crippen LogP contribution in [0.1, 0.15) is 67.8 Å². The first kappa shape index (κ1) is 34.5.